The molecule has 0 unspecified atom stereocenters. The van der Waals surface area contributed by atoms with Gasteiger partial charge in [-0.05, 0) is 12.5 Å². The monoisotopic (exact) mass is 220 g/mol. The summed E-state index contributed by atoms with van der Waals surface area (Å²) in [5.74, 6) is 0.634. The summed E-state index contributed by atoms with van der Waals surface area (Å²) in [4.78, 5) is 6.07. The third-order valence-corrected chi connectivity index (χ3v) is 2.19. The molecule has 0 aliphatic heterocycles. The fourth-order valence-electron chi connectivity index (χ4n) is 1.51. The predicted molar refractivity (Wildman–Crippen MR) is 63.0 cm³/mol. The highest BCUT2D eigenvalue weighted by Crippen LogP contribution is 2.20. The van der Waals surface area contributed by atoms with Crippen molar-refractivity contribution >= 4 is 11.5 Å². The van der Waals surface area contributed by atoms with Crippen LogP contribution in [0.1, 0.15) is 18.9 Å². The molecule has 1 aromatic rings. The van der Waals surface area contributed by atoms with Crippen LogP contribution in [0.15, 0.2) is 12.3 Å². The average molecular weight is 220 g/mol. The Kier molecular flexibility index (Phi) is 4.55. The van der Waals surface area contributed by atoms with Gasteiger partial charge in [-0.2, -0.15) is 5.26 Å². The molecular weight excluding hydrogens is 204 g/mol. The lowest BCUT2D eigenvalue weighted by atomic mass is 10.2. The van der Waals surface area contributed by atoms with E-state index >= 15 is 0 Å². The van der Waals surface area contributed by atoms with Gasteiger partial charge in [-0.25, -0.2) is 4.98 Å². The molecule has 86 valence electrons. The van der Waals surface area contributed by atoms with Crippen molar-refractivity contribution in [2.24, 2.45) is 0 Å². The fraction of sp³-hybridized carbons (Fsp3) is 0.455. The van der Waals surface area contributed by atoms with E-state index in [0.717, 1.165) is 13.0 Å². The van der Waals surface area contributed by atoms with Crippen molar-refractivity contribution in [3.8, 4) is 6.07 Å². The van der Waals surface area contributed by atoms with Crippen molar-refractivity contribution in [2.75, 3.05) is 30.3 Å². The van der Waals surface area contributed by atoms with Gasteiger partial charge in [0.05, 0.1) is 17.9 Å². The number of nitrogens with zero attached hydrogens (tertiary/aromatic N) is 3. The lowest BCUT2D eigenvalue weighted by Crippen LogP contribution is -2.29. The Morgan fingerprint density at radius 2 is 2.31 bits per heavy atom. The van der Waals surface area contributed by atoms with Gasteiger partial charge >= 0.3 is 0 Å². The van der Waals surface area contributed by atoms with E-state index in [4.69, 9.17) is 16.1 Å². The number of hydrogen-bond donors (Lipinski definition) is 2. The highest BCUT2D eigenvalue weighted by atomic mass is 16.3. The second-order valence-corrected chi connectivity index (χ2v) is 3.46. The van der Waals surface area contributed by atoms with Crippen LogP contribution in [0, 0.1) is 11.3 Å². The fourth-order valence-corrected chi connectivity index (χ4v) is 1.51. The standard InChI is InChI=1S/C11H16N4O/c1-2-3-15(4-5-16)11-10(13)6-9(7-12)8-14-11/h6,8,16H,2-5,13H2,1H3. The minimum Gasteiger partial charge on any atom is -0.396 e. The average Bonchev–Trinajstić information content (AvgIpc) is 2.29. The van der Waals surface area contributed by atoms with Crippen molar-refractivity contribution in [1.29, 1.82) is 5.26 Å². The molecule has 1 heterocycles. The summed E-state index contributed by atoms with van der Waals surface area (Å²) in [6.45, 7) is 3.38. The summed E-state index contributed by atoms with van der Waals surface area (Å²) < 4.78 is 0. The predicted octanol–water partition coefficient (Wildman–Crippen LogP) is 0.744. The molecule has 0 saturated heterocycles. The zero-order chi connectivity index (χ0) is 12.0. The molecular formula is C11H16N4O. The van der Waals surface area contributed by atoms with Crippen LogP contribution < -0.4 is 10.6 Å². The molecule has 0 radical (unpaired) electrons. The first kappa shape index (κ1) is 12.3. The third-order valence-electron chi connectivity index (χ3n) is 2.19. The Morgan fingerprint density at radius 3 is 2.81 bits per heavy atom. The minimum absolute atomic E-state index is 0.0567. The topological polar surface area (TPSA) is 86.2 Å². The minimum atomic E-state index is 0.0567. The summed E-state index contributed by atoms with van der Waals surface area (Å²) in [6, 6.07) is 3.59. The van der Waals surface area contributed by atoms with E-state index in [1.54, 1.807) is 6.07 Å². The van der Waals surface area contributed by atoms with E-state index in [2.05, 4.69) is 4.98 Å². The normalized spacial score (nSPS) is 9.81. The van der Waals surface area contributed by atoms with E-state index in [0.29, 0.717) is 23.6 Å². The van der Waals surface area contributed by atoms with E-state index in [1.165, 1.54) is 6.20 Å². The first-order valence-electron chi connectivity index (χ1n) is 5.24. The maximum atomic E-state index is 8.95. The number of aliphatic hydroxyl groups is 1. The van der Waals surface area contributed by atoms with Crippen LogP contribution in [-0.2, 0) is 0 Å². The molecule has 0 saturated carbocycles. The number of nitrogens with two attached hydrogens (primary N) is 1. The molecule has 0 fully saturated rings. The highest BCUT2D eigenvalue weighted by molar-refractivity contribution is 5.64. The van der Waals surface area contributed by atoms with Crippen LogP contribution in [0.2, 0.25) is 0 Å². The summed E-state index contributed by atoms with van der Waals surface area (Å²) in [6.07, 6.45) is 2.44. The molecule has 0 aliphatic rings. The van der Waals surface area contributed by atoms with Crippen molar-refractivity contribution in [1.82, 2.24) is 4.98 Å². The van der Waals surface area contributed by atoms with Crippen LogP contribution in [0.5, 0.6) is 0 Å². The van der Waals surface area contributed by atoms with Gasteiger partial charge in [-0.3, -0.25) is 0 Å². The number of hydrogen-bond acceptors (Lipinski definition) is 5. The van der Waals surface area contributed by atoms with Crippen molar-refractivity contribution in [2.45, 2.75) is 13.3 Å². The number of rotatable bonds is 5. The quantitative estimate of drug-likeness (QED) is 0.764. The zero-order valence-electron chi connectivity index (χ0n) is 9.35. The van der Waals surface area contributed by atoms with Gasteiger partial charge in [0.15, 0.2) is 5.82 Å². The van der Waals surface area contributed by atoms with E-state index in [1.807, 2.05) is 17.9 Å². The molecule has 0 bridgehead atoms. The number of nitriles is 1. The van der Waals surface area contributed by atoms with Crippen LogP contribution >= 0.6 is 0 Å². The smallest absolute Gasteiger partial charge is 0.151 e. The number of aliphatic hydroxyl groups excluding tert-OH is 1. The summed E-state index contributed by atoms with van der Waals surface area (Å²) >= 11 is 0. The largest absolute Gasteiger partial charge is 0.396 e. The summed E-state index contributed by atoms with van der Waals surface area (Å²) in [7, 11) is 0. The number of nitrogen functional groups attached to an aromatic ring is 1. The molecule has 1 rings (SSSR count). The molecule has 0 aliphatic carbocycles. The first-order valence-corrected chi connectivity index (χ1v) is 5.24. The van der Waals surface area contributed by atoms with Gasteiger partial charge in [-0.15, -0.1) is 0 Å². The molecule has 16 heavy (non-hydrogen) atoms. The Hall–Kier alpha value is -1.80. The Morgan fingerprint density at radius 1 is 1.56 bits per heavy atom. The van der Waals surface area contributed by atoms with Crippen LogP contribution in [-0.4, -0.2) is 29.8 Å². The van der Waals surface area contributed by atoms with Crippen molar-refractivity contribution in [3.63, 3.8) is 0 Å². The Labute approximate surface area is 95.1 Å². The second kappa shape index (κ2) is 5.93. The summed E-state index contributed by atoms with van der Waals surface area (Å²) in [5.41, 5.74) is 6.74. The van der Waals surface area contributed by atoms with E-state index in [9.17, 15) is 0 Å². The number of pyridine rings is 1. The molecule has 0 atom stereocenters. The van der Waals surface area contributed by atoms with Gasteiger partial charge in [0, 0.05) is 19.3 Å². The van der Waals surface area contributed by atoms with Crippen LogP contribution in [0.4, 0.5) is 11.5 Å². The SMILES string of the molecule is CCCN(CCO)c1ncc(C#N)cc1N. The second-order valence-electron chi connectivity index (χ2n) is 3.46. The molecule has 0 aromatic carbocycles. The van der Waals surface area contributed by atoms with E-state index in [-0.39, 0.29) is 6.61 Å². The molecule has 5 nitrogen and oxygen atoms in total. The van der Waals surface area contributed by atoms with Crippen molar-refractivity contribution < 1.29 is 5.11 Å². The lowest BCUT2D eigenvalue weighted by Gasteiger charge is -2.23. The Bertz CT molecular complexity index is 380. The molecule has 3 N–H and O–H groups in total. The molecule has 0 spiro atoms. The summed E-state index contributed by atoms with van der Waals surface area (Å²) in [5, 5.41) is 17.7. The Balaban J connectivity index is 2.96. The third kappa shape index (κ3) is 2.84. The van der Waals surface area contributed by atoms with Gasteiger partial charge < -0.3 is 15.7 Å². The zero-order valence-corrected chi connectivity index (χ0v) is 9.35. The van der Waals surface area contributed by atoms with Crippen molar-refractivity contribution in [3.05, 3.63) is 17.8 Å². The van der Waals surface area contributed by atoms with Gasteiger partial charge in [-0.1, -0.05) is 6.92 Å². The maximum absolute atomic E-state index is 8.95. The first-order chi connectivity index (χ1) is 7.72. The lowest BCUT2D eigenvalue weighted by molar-refractivity contribution is 0.301. The number of anilines is 2. The molecule has 0 amide bonds. The van der Waals surface area contributed by atoms with Gasteiger partial charge in [0.2, 0.25) is 0 Å². The van der Waals surface area contributed by atoms with E-state index < -0.39 is 0 Å². The van der Waals surface area contributed by atoms with Gasteiger partial charge in [0.25, 0.3) is 0 Å². The highest BCUT2D eigenvalue weighted by Gasteiger charge is 2.10. The van der Waals surface area contributed by atoms with Crippen LogP contribution in [0.3, 0.4) is 0 Å². The van der Waals surface area contributed by atoms with Crippen LogP contribution in [0.25, 0.3) is 0 Å². The number of aromatic nitrogens is 1. The van der Waals surface area contributed by atoms with Gasteiger partial charge in [0.1, 0.15) is 6.07 Å². The maximum Gasteiger partial charge on any atom is 0.151 e. The molecule has 5 heteroatoms. The molecule has 1 aromatic heterocycles.